The van der Waals surface area contributed by atoms with Crippen molar-refractivity contribution in [2.45, 2.75) is 6.92 Å². The van der Waals surface area contributed by atoms with E-state index in [4.69, 9.17) is 5.11 Å². The van der Waals surface area contributed by atoms with E-state index in [9.17, 15) is 4.79 Å². The lowest BCUT2D eigenvalue weighted by atomic mass is 10.2. The largest absolute Gasteiger partial charge is 0.396 e. The summed E-state index contributed by atoms with van der Waals surface area (Å²) in [5, 5.41) is 11.3. The molecule has 2 N–H and O–H groups in total. The standard InChI is InChI=1S/C7H16N2O2/c1-6(5-10)4-8-7(11)9(2)3/h6,10H,4-5H2,1-3H3,(H,8,11). The molecule has 0 heterocycles. The van der Waals surface area contributed by atoms with Crippen LogP contribution in [0.4, 0.5) is 4.79 Å². The summed E-state index contributed by atoms with van der Waals surface area (Å²) in [4.78, 5) is 12.4. The van der Waals surface area contributed by atoms with Crippen molar-refractivity contribution in [1.82, 2.24) is 10.2 Å². The molecule has 0 bridgehead atoms. The van der Waals surface area contributed by atoms with Gasteiger partial charge in [-0.2, -0.15) is 0 Å². The van der Waals surface area contributed by atoms with Crippen LogP contribution >= 0.6 is 0 Å². The molecule has 0 aliphatic rings. The van der Waals surface area contributed by atoms with Gasteiger partial charge in [-0.05, 0) is 5.92 Å². The fraction of sp³-hybridized carbons (Fsp3) is 0.857. The minimum absolute atomic E-state index is 0.105. The van der Waals surface area contributed by atoms with Crippen molar-refractivity contribution in [3.05, 3.63) is 0 Å². The molecule has 0 aromatic rings. The predicted molar refractivity (Wildman–Crippen MR) is 43.3 cm³/mol. The molecule has 2 amide bonds. The Morgan fingerprint density at radius 3 is 2.55 bits per heavy atom. The number of carbonyl (C=O) groups excluding carboxylic acids is 1. The average Bonchev–Trinajstić information content (AvgIpc) is 1.99. The van der Waals surface area contributed by atoms with E-state index in [-0.39, 0.29) is 18.6 Å². The molecule has 11 heavy (non-hydrogen) atoms. The van der Waals surface area contributed by atoms with E-state index < -0.39 is 0 Å². The highest BCUT2D eigenvalue weighted by Crippen LogP contribution is 1.89. The van der Waals surface area contributed by atoms with Crippen LogP contribution in [0.2, 0.25) is 0 Å². The molecule has 4 nitrogen and oxygen atoms in total. The molecule has 0 aromatic heterocycles. The second kappa shape index (κ2) is 4.96. The SMILES string of the molecule is CC(CO)CNC(=O)N(C)C. The van der Waals surface area contributed by atoms with E-state index in [1.165, 1.54) is 4.90 Å². The van der Waals surface area contributed by atoms with Crippen molar-refractivity contribution in [2.24, 2.45) is 5.92 Å². The molecule has 1 unspecified atom stereocenters. The fourth-order valence-electron chi connectivity index (χ4n) is 0.484. The van der Waals surface area contributed by atoms with Crippen LogP contribution in [0.25, 0.3) is 0 Å². The topological polar surface area (TPSA) is 52.6 Å². The lowest BCUT2D eigenvalue weighted by Crippen LogP contribution is -2.37. The van der Waals surface area contributed by atoms with E-state index in [1.54, 1.807) is 14.1 Å². The first-order valence-electron chi connectivity index (χ1n) is 3.64. The number of urea groups is 1. The minimum Gasteiger partial charge on any atom is -0.396 e. The van der Waals surface area contributed by atoms with Gasteiger partial charge in [0.05, 0.1) is 0 Å². The van der Waals surface area contributed by atoms with Gasteiger partial charge in [0.15, 0.2) is 0 Å². The molecule has 66 valence electrons. The maximum Gasteiger partial charge on any atom is 0.316 e. The highest BCUT2D eigenvalue weighted by Gasteiger charge is 2.04. The van der Waals surface area contributed by atoms with Gasteiger partial charge in [0.25, 0.3) is 0 Å². The van der Waals surface area contributed by atoms with Crippen molar-refractivity contribution in [3.8, 4) is 0 Å². The van der Waals surface area contributed by atoms with Gasteiger partial charge in [-0.1, -0.05) is 6.92 Å². The second-order valence-corrected chi connectivity index (χ2v) is 2.87. The zero-order valence-corrected chi connectivity index (χ0v) is 7.29. The maximum absolute atomic E-state index is 10.9. The monoisotopic (exact) mass is 160 g/mol. The number of nitrogens with one attached hydrogen (secondary N) is 1. The Bertz CT molecular complexity index is 126. The molecule has 0 rings (SSSR count). The molecule has 0 spiro atoms. The van der Waals surface area contributed by atoms with Crippen molar-refractivity contribution in [3.63, 3.8) is 0 Å². The van der Waals surface area contributed by atoms with Gasteiger partial charge in [-0.25, -0.2) is 4.79 Å². The molecule has 0 saturated heterocycles. The molecular weight excluding hydrogens is 144 g/mol. The molecule has 1 atom stereocenters. The molecule has 0 radical (unpaired) electrons. The lowest BCUT2D eigenvalue weighted by Gasteiger charge is -2.14. The third-order valence-electron chi connectivity index (χ3n) is 1.32. The number of rotatable bonds is 3. The summed E-state index contributed by atoms with van der Waals surface area (Å²) < 4.78 is 0. The lowest BCUT2D eigenvalue weighted by molar-refractivity contribution is 0.206. The average molecular weight is 160 g/mol. The Kier molecular flexibility index (Phi) is 4.61. The molecule has 0 aliphatic carbocycles. The van der Waals surface area contributed by atoms with E-state index in [0.717, 1.165) is 0 Å². The van der Waals surface area contributed by atoms with Gasteiger partial charge in [-0.3, -0.25) is 0 Å². The van der Waals surface area contributed by atoms with Crippen molar-refractivity contribution < 1.29 is 9.90 Å². The molecule has 0 aromatic carbocycles. The van der Waals surface area contributed by atoms with E-state index in [1.807, 2.05) is 6.92 Å². The number of aliphatic hydroxyl groups is 1. The van der Waals surface area contributed by atoms with E-state index in [0.29, 0.717) is 6.54 Å². The van der Waals surface area contributed by atoms with Crippen molar-refractivity contribution in [2.75, 3.05) is 27.2 Å². The van der Waals surface area contributed by atoms with Crippen LogP contribution < -0.4 is 5.32 Å². The summed E-state index contributed by atoms with van der Waals surface area (Å²) in [6.45, 7) is 2.50. The summed E-state index contributed by atoms with van der Waals surface area (Å²) in [5.41, 5.74) is 0. The quantitative estimate of drug-likeness (QED) is 0.605. The number of amides is 2. The van der Waals surface area contributed by atoms with Gasteiger partial charge in [0.2, 0.25) is 0 Å². The predicted octanol–water partition coefficient (Wildman–Crippen LogP) is -0.114. The van der Waals surface area contributed by atoms with E-state index in [2.05, 4.69) is 5.32 Å². The third kappa shape index (κ3) is 4.61. The van der Waals surface area contributed by atoms with Crippen LogP contribution in [-0.4, -0.2) is 43.3 Å². The van der Waals surface area contributed by atoms with Crippen LogP contribution in [-0.2, 0) is 0 Å². The molecular formula is C7H16N2O2. The molecule has 0 fully saturated rings. The Hall–Kier alpha value is -0.770. The number of hydrogen-bond acceptors (Lipinski definition) is 2. The van der Waals surface area contributed by atoms with Crippen LogP contribution in [0, 0.1) is 5.92 Å². The first kappa shape index (κ1) is 10.2. The van der Waals surface area contributed by atoms with E-state index >= 15 is 0 Å². The minimum atomic E-state index is -0.120. The fourth-order valence-corrected chi connectivity index (χ4v) is 0.484. The summed E-state index contributed by atoms with van der Waals surface area (Å²) >= 11 is 0. The first-order valence-corrected chi connectivity index (χ1v) is 3.64. The normalized spacial score (nSPS) is 12.4. The molecule has 0 aliphatic heterocycles. The number of hydrogen-bond donors (Lipinski definition) is 2. The van der Waals surface area contributed by atoms with Gasteiger partial charge < -0.3 is 15.3 Å². The van der Waals surface area contributed by atoms with Gasteiger partial charge in [0, 0.05) is 27.2 Å². The van der Waals surface area contributed by atoms with Crippen molar-refractivity contribution >= 4 is 6.03 Å². The number of aliphatic hydroxyl groups excluding tert-OH is 1. The third-order valence-corrected chi connectivity index (χ3v) is 1.32. The first-order chi connectivity index (χ1) is 5.07. The zero-order valence-electron chi connectivity index (χ0n) is 7.29. The van der Waals surface area contributed by atoms with Crippen molar-refractivity contribution in [1.29, 1.82) is 0 Å². The van der Waals surface area contributed by atoms with Crippen LogP contribution in [0.5, 0.6) is 0 Å². The molecule has 0 saturated carbocycles. The van der Waals surface area contributed by atoms with Gasteiger partial charge in [-0.15, -0.1) is 0 Å². The highest BCUT2D eigenvalue weighted by atomic mass is 16.3. The summed E-state index contributed by atoms with van der Waals surface area (Å²) in [5.74, 6) is 0.124. The second-order valence-electron chi connectivity index (χ2n) is 2.87. The maximum atomic E-state index is 10.9. The molecule has 4 heteroatoms. The summed E-state index contributed by atoms with van der Waals surface area (Å²) in [7, 11) is 3.36. The summed E-state index contributed by atoms with van der Waals surface area (Å²) in [6.07, 6.45) is 0. The Labute approximate surface area is 67.2 Å². The van der Waals surface area contributed by atoms with Crippen LogP contribution in [0.15, 0.2) is 0 Å². The number of carbonyl (C=O) groups is 1. The number of nitrogens with zero attached hydrogens (tertiary/aromatic N) is 1. The Morgan fingerprint density at radius 1 is 1.64 bits per heavy atom. The van der Waals surface area contributed by atoms with Crippen LogP contribution in [0.1, 0.15) is 6.92 Å². The highest BCUT2D eigenvalue weighted by molar-refractivity contribution is 5.73. The van der Waals surface area contributed by atoms with Gasteiger partial charge in [0.1, 0.15) is 0 Å². The smallest absolute Gasteiger partial charge is 0.316 e. The van der Waals surface area contributed by atoms with Gasteiger partial charge >= 0.3 is 6.03 Å². The van der Waals surface area contributed by atoms with Crippen LogP contribution in [0.3, 0.4) is 0 Å². The Morgan fingerprint density at radius 2 is 2.18 bits per heavy atom. The summed E-state index contributed by atoms with van der Waals surface area (Å²) in [6, 6.07) is -0.120. The Balaban J connectivity index is 3.46. The zero-order chi connectivity index (χ0) is 8.85.